The Morgan fingerprint density at radius 1 is 1.33 bits per heavy atom. The lowest BCUT2D eigenvalue weighted by molar-refractivity contribution is 0.605. The van der Waals surface area contributed by atoms with E-state index in [-0.39, 0.29) is 0 Å². The number of hydrogen-bond acceptors (Lipinski definition) is 2. The number of aryl methyl sites for hydroxylation is 1. The number of thioether (sulfide) groups is 1. The lowest BCUT2D eigenvalue weighted by Gasteiger charge is -2.28. The van der Waals surface area contributed by atoms with Crippen molar-refractivity contribution in [1.82, 2.24) is 5.32 Å². The van der Waals surface area contributed by atoms with Crippen molar-refractivity contribution in [1.29, 1.82) is 0 Å². The third-order valence-corrected chi connectivity index (χ3v) is 4.35. The van der Waals surface area contributed by atoms with Crippen LogP contribution in [-0.2, 0) is 6.42 Å². The first-order chi connectivity index (χ1) is 7.29. The third kappa shape index (κ3) is 2.76. The predicted molar refractivity (Wildman–Crippen MR) is 68.2 cm³/mol. The molecule has 0 saturated carbocycles. The first-order valence-electron chi connectivity index (χ1n) is 5.77. The normalized spacial score (nSPS) is 26.5. The first-order valence-corrected chi connectivity index (χ1v) is 6.71. The minimum Gasteiger partial charge on any atom is -0.302 e. The summed E-state index contributed by atoms with van der Waals surface area (Å²) in [6.45, 7) is 5.66. The van der Waals surface area contributed by atoms with Crippen LogP contribution in [0.5, 0.6) is 0 Å². The van der Waals surface area contributed by atoms with E-state index in [4.69, 9.17) is 0 Å². The fraction of sp³-hybridized carbons (Fsp3) is 0.538. The molecule has 1 nitrogen and oxygen atoms in total. The molecule has 1 aromatic carbocycles. The van der Waals surface area contributed by atoms with Gasteiger partial charge in [-0.05, 0) is 30.5 Å². The third-order valence-electron chi connectivity index (χ3n) is 2.94. The Morgan fingerprint density at radius 2 is 2.07 bits per heavy atom. The van der Waals surface area contributed by atoms with Crippen LogP contribution < -0.4 is 5.32 Å². The average molecular weight is 221 g/mol. The molecule has 0 aromatic heterocycles. The Labute approximate surface area is 96.7 Å². The van der Waals surface area contributed by atoms with Crippen molar-refractivity contribution in [2.75, 3.05) is 6.54 Å². The van der Waals surface area contributed by atoms with Crippen molar-refractivity contribution >= 4 is 11.8 Å². The molecule has 1 aromatic rings. The zero-order chi connectivity index (χ0) is 10.7. The lowest BCUT2D eigenvalue weighted by atomic mass is 10.1. The Morgan fingerprint density at radius 3 is 2.67 bits per heavy atom. The van der Waals surface area contributed by atoms with Crippen molar-refractivity contribution in [2.24, 2.45) is 0 Å². The number of rotatable bonds is 2. The molecule has 1 heterocycles. The van der Waals surface area contributed by atoms with E-state index in [1.54, 1.807) is 0 Å². The summed E-state index contributed by atoms with van der Waals surface area (Å²) in [5, 5.41) is 4.85. The van der Waals surface area contributed by atoms with Gasteiger partial charge in [0.05, 0.1) is 5.37 Å². The van der Waals surface area contributed by atoms with Crippen LogP contribution in [0.15, 0.2) is 24.3 Å². The monoisotopic (exact) mass is 221 g/mol. The highest BCUT2D eigenvalue weighted by Crippen LogP contribution is 2.34. The molecule has 2 atom stereocenters. The second-order valence-electron chi connectivity index (χ2n) is 4.16. The van der Waals surface area contributed by atoms with E-state index in [0.717, 1.165) is 18.2 Å². The molecular weight excluding hydrogens is 202 g/mol. The van der Waals surface area contributed by atoms with Gasteiger partial charge in [0, 0.05) is 5.25 Å². The molecule has 2 heteroatoms. The molecule has 0 amide bonds. The molecule has 1 saturated heterocycles. The molecule has 1 fully saturated rings. The van der Waals surface area contributed by atoms with Crippen LogP contribution in [0.2, 0.25) is 0 Å². The van der Waals surface area contributed by atoms with E-state index < -0.39 is 0 Å². The van der Waals surface area contributed by atoms with Gasteiger partial charge in [-0.3, -0.25) is 0 Å². The molecule has 2 rings (SSSR count). The molecule has 2 unspecified atom stereocenters. The van der Waals surface area contributed by atoms with Crippen molar-refractivity contribution in [2.45, 2.75) is 37.3 Å². The maximum absolute atomic E-state index is 3.57. The SMILES string of the molecule is CCc1ccc(C2NCCC(C)S2)cc1. The highest BCUT2D eigenvalue weighted by atomic mass is 32.2. The fourth-order valence-electron chi connectivity index (χ4n) is 1.89. The van der Waals surface area contributed by atoms with E-state index >= 15 is 0 Å². The van der Waals surface area contributed by atoms with Crippen LogP contribution in [0.4, 0.5) is 0 Å². The minimum absolute atomic E-state index is 0.500. The van der Waals surface area contributed by atoms with Crippen molar-refractivity contribution in [3.63, 3.8) is 0 Å². The first kappa shape index (κ1) is 11.0. The summed E-state index contributed by atoms with van der Waals surface area (Å²) in [5.74, 6) is 0. The van der Waals surface area contributed by atoms with Crippen LogP contribution >= 0.6 is 11.8 Å². The zero-order valence-electron chi connectivity index (χ0n) is 9.49. The van der Waals surface area contributed by atoms with Crippen LogP contribution in [0.1, 0.15) is 36.8 Å². The van der Waals surface area contributed by atoms with Gasteiger partial charge in [0.2, 0.25) is 0 Å². The van der Waals surface area contributed by atoms with Crippen LogP contribution in [0.25, 0.3) is 0 Å². The van der Waals surface area contributed by atoms with Crippen molar-refractivity contribution in [3.05, 3.63) is 35.4 Å². The highest BCUT2D eigenvalue weighted by molar-refractivity contribution is 8.00. The fourth-order valence-corrected chi connectivity index (χ4v) is 3.14. The van der Waals surface area contributed by atoms with E-state index in [9.17, 15) is 0 Å². The quantitative estimate of drug-likeness (QED) is 0.822. The number of nitrogens with one attached hydrogen (secondary N) is 1. The van der Waals surface area contributed by atoms with Gasteiger partial charge in [-0.25, -0.2) is 0 Å². The Kier molecular flexibility index (Phi) is 3.71. The molecule has 1 aliphatic heterocycles. The Hall–Kier alpha value is -0.470. The number of benzene rings is 1. The molecule has 15 heavy (non-hydrogen) atoms. The van der Waals surface area contributed by atoms with Gasteiger partial charge in [-0.1, -0.05) is 38.1 Å². The van der Waals surface area contributed by atoms with Crippen molar-refractivity contribution in [3.8, 4) is 0 Å². The molecule has 1 N–H and O–H groups in total. The summed E-state index contributed by atoms with van der Waals surface area (Å²) in [4.78, 5) is 0. The lowest BCUT2D eigenvalue weighted by Crippen LogP contribution is -2.28. The second kappa shape index (κ2) is 5.04. The van der Waals surface area contributed by atoms with Crippen molar-refractivity contribution < 1.29 is 0 Å². The van der Waals surface area contributed by atoms with Crippen LogP contribution in [-0.4, -0.2) is 11.8 Å². The second-order valence-corrected chi connectivity index (χ2v) is 5.71. The standard InChI is InChI=1S/C13H19NS/c1-3-11-4-6-12(7-5-11)13-14-9-8-10(2)15-13/h4-7,10,13-14H,3,8-9H2,1-2H3. The van der Waals surface area contributed by atoms with Crippen LogP contribution in [0.3, 0.4) is 0 Å². The van der Waals surface area contributed by atoms with E-state index in [2.05, 4.69) is 43.4 Å². The smallest absolute Gasteiger partial charge is 0.0792 e. The van der Waals surface area contributed by atoms with E-state index in [1.807, 2.05) is 11.8 Å². The topological polar surface area (TPSA) is 12.0 Å². The van der Waals surface area contributed by atoms with E-state index in [1.165, 1.54) is 17.5 Å². The highest BCUT2D eigenvalue weighted by Gasteiger charge is 2.19. The summed E-state index contributed by atoms with van der Waals surface area (Å²) in [7, 11) is 0. The van der Waals surface area contributed by atoms with Crippen LogP contribution in [0, 0.1) is 0 Å². The summed E-state index contributed by atoms with van der Waals surface area (Å²) in [6.07, 6.45) is 2.41. The molecular formula is C13H19NS. The van der Waals surface area contributed by atoms with Gasteiger partial charge in [0.25, 0.3) is 0 Å². The minimum atomic E-state index is 0.500. The summed E-state index contributed by atoms with van der Waals surface area (Å²) in [6, 6.07) is 9.02. The summed E-state index contributed by atoms with van der Waals surface area (Å²) >= 11 is 2.04. The largest absolute Gasteiger partial charge is 0.302 e. The van der Waals surface area contributed by atoms with Gasteiger partial charge in [0.15, 0.2) is 0 Å². The van der Waals surface area contributed by atoms with Gasteiger partial charge < -0.3 is 5.32 Å². The predicted octanol–water partition coefficient (Wildman–Crippen LogP) is 3.36. The van der Waals surface area contributed by atoms with Gasteiger partial charge in [0.1, 0.15) is 0 Å². The average Bonchev–Trinajstić information content (AvgIpc) is 2.29. The molecule has 0 spiro atoms. The maximum atomic E-state index is 3.57. The number of hydrogen-bond donors (Lipinski definition) is 1. The summed E-state index contributed by atoms with van der Waals surface area (Å²) in [5.41, 5.74) is 2.84. The zero-order valence-corrected chi connectivity index (χ0v) is 10.3. The maximum Gasteiger partial charge on any atom is 0.0792 e. The van der Waals surface area contributed by atoms with Gasteiger partial charge >= 0.3 is 0 Å². The van der Waals surface area contributed by atoms with Gasteiger partial charge in [-0.15, -0.1) is 11.8 Å². The van der Waals surface area contributed by atoms with Gasteiger partial charge in [-0.2, -0.15) is 0 Å². The Bertz CT molecular complexity index is 307. The molecule has 82 valence electrons. The molecule has 0 aliphatic carbocycles. The molecule has 0 radical (unpaired) electrons. The summed E-state index contributed by atoms with van der Waals surface area (Å²) < 4.78 is 0. The Balaban J connectivity index is 2.07. The van der Waals surface area contributed by atoms with E-state index in [0.29, 0.717) is 5.37 Å². The molecule has 0 bridgehead atoms. The molecule has 1 aliphatic rings.